The molecule has 0 spiro atoms. The van der Waals surface area contributed by atoms with Gasteiger partial charge in [0.15, 0.2) is 0 Å². The highest BCUT2D eigenvalue weighted by molar-refractivity contribution is 5.89. The first-order chi connectivity index (χ1) is 8.31. The molecule has 0 aromatic heterocycles. The second-order valence-corrected chi connectivity index (χ2v) is 2.93. The maximum atomic E-state index is 13.3. The average Bonchev–Trinajstić information content (AvgIpc) is 2.25. The van der Waals surface area contributed by atoms with Crippen molar-refractivity contribution < 1.29 is 31.8 Å². The van der Waals surface area contributed by atoms with Crippen LogP contribution in [0.15, 0.2) is 18.2 Å². The van der Waals surface area contributed by atoms with Crippen molar-refractivity contribution >= 4 is 5.97 Å². The maximum absolute atomic E-state index is 13.3. The minimum absolute atomic E-state index is 0.241. The van der Waals surface area contributed by atoms with E-state index in [2.05, 4.69) is 15.4 Å². The Balaban J connectivity index is 2.92. The molecule has 0 aliphatic carbocycles. The Morgan fingerprint density at radius 2 is 2.00 bits per heavy atom. The van der Waals surface area contributed by atoms with Crippen LogP contribution in [0.2, 0.25) is 0 Å². The van der Waals surface area contributed by atoms with Gasteiger partial charge in [0.05, 0.1) is 12.7 Å². The number of rotatable bonds is 1. The third-order valence-corrected chi connectivity index (χ3v) is 1.66. The van der Waals surface area contributed by atoms with Gasteiger partial charge in [-0.05, 0) is 12.1 Å². The molecule has 0 radical (unpaired) electrons. The van der Waals surface area contributed by atoms with Gasteiger partial charge < -0.3 is 9.47 Å². The van der Waals surface area contributed by atoms with E-state index in [0.29, 0.717) is 6.07 Å². The van der Waals surface area contributed by atoms with Crippen LogP contribution in [0.1, 0.15) is 5.56 Å². The van der Waals surface area contributed by atoms with E-state index in [1.54, 1.807) is 0 Å². The van der Waals surface area contributed by atoms with Gasteiger partial charge in [-0.2, -0.15) is 0 Å². The van der Waals surface area contributed by atoms with Crippen LogP contribution in [0.25, 0.3) is 0 Å². The van der Waals surface area contributed by atoms with E-state index in [1.165, 1.54) is 0 Å². The van der Waals surface area contributed by atoms with Crippen molar-refractivity contribution in [1.29, 1.82) is 0 Å². The van der Waals surface area contributed by atoms with E-state index >= 15 is 0 Å². The van der Waals surface area contributed by atoms with E-state index < -0.39 is 23.9 Å². The van der Waals surface area contributed by atoms with Gasteiger partial charge >= 0.3 is 12.3 Å². The first kappa shape index (κ1) is 13.8. The number of carbonyl (C=O) groups excluding carboxylic acids is 1. The fourth-order valence-electron chi connectivity index (χ4n) is 0.964. The van der Waals surface area contributed by atoms with Gasteiger partial charge in [0.25, 0.3) is 0 Å². The van der Waals surface area contributed by atoms with Gasteiger partial charge in [0.1, 0.15) is 11.6 Å². The monoisotopic (exact) mass is 262 g/mol. The second-order valence-electron chi connectivity index (χ2n) is 2.93. The Morgan fingerprint density at radius 1 is 1.33 bits per heavy atom. The first-order valence-electron chi connectivity index (χ1n) is 4.47. The highest BCUT2D eigenvalue weighted by Gasteiger charge is 2.31. The lowest BCUT2D eigenvalue weighted by atomic mass is 10.2. The number of halogens is 4. The van der Waals surface area contributed by atoms with Crippen LogP contribution in [-0.4, -0.2) is 19.4 Å². The van der Waals surface area contributed by atoms with Crippen LogP contribution in [0.5, 0.6) is 5.75 Å². The number of hydrogen-bond donors (Lipinski definition) is 0. The molecular formula is C11H6F4O3. The normalized spacial score (nSPS) is 10.3. The largest absolute Gasteiger partial charge is 0.573 e. The molecule has 0 saturated heterocycles. The summed E-state index contributed by atoms with van der Waals surface area (Å²) in [6.07, 6.45) is -4.90. The Hall–Kier alpha value is -2.23. The fourth-order valence-corrected chi connectivity index (χ4v) is 0.964. The summed E-state index contributed by atoms with van der Waals surface area (Å²) in [6, 6.07) is 2.37. The standard InChI is InChI=1S/C11H6F4O3/c1-17-10(16)5-3-7-2-4-8(6-9(7)12)18-11(13,14)15/h2,4,6H,1H3. The third-order valence-electron chi connectivity index (χ3n) is 1.66. The number of alkyl halides is 3. The summed E-state index contributed by atoms with van der Waals surface area (Å²) in [5.41, 5.74) is -0.241. The molecule has 0 aliphatic heterocycles. The lowest BCUT2D eigenvalue weighted by Gasteiger charge is -2.08. The minimum Gasteiger partial charge on any atom is -0.459 e. The molecule has 3 nitrogen and oxygen atoms in total. The predicted octanol–water partition coefficient (Wildman–Crippen LogP) is 2.25. The van der Waals surface area contributed by atoms with Crippen LogP contribution >= 0.6 is 0 Å². The van der Waals surface area contributed by atoms with Gasteiger partial charge in [-0.1, -0.05) is 5.92 Å². The van der Waals surface area contributed by atoms with Crippen molar-refractivity contribution in [1.82, 2.24) is 0 Å². The van der Waals surface area contributed by atoms with Gasteiger partial charge in [-0.25, -0.2) is 9.18 Å². The lowest BCUT2D eigenvalue weighted by molar-refractivity contribution is -0.274. The molecule has 18 heavy (non-hydrogen) atoms. The lowest BCUT2D eigenvalue weighted by Crippen LogP contribution is -2.17. The van der Waals surface area contributed by atoms with Crippen LogP contribution in [-0.2, 0) is 9.53 Å². The van der Waals surface area contributed by atoms with Crippen LogP contribution in [0.4, 0.5) is 17.6 Å². The quantitative estimate of drug-likeness (QED) is 0.442. The Morgan fingerprint density at radius 3 is 2.50 bits per heavy atom. The maximum Gasteiger partial charge on any atom is 0.573 e. The van der Waals surface area contributed by atoms with E-state index in [0.717, 1.165) is 19.2 Å². The Labute approximate surface area is 99.3 Å². The summed E-state index contributed by atoms with van der Waals surface area (Å²) < 4.78 is 56.5. The zero-order valence-corrected chi connectivity index (χ0v) is 8.97. The van der Waals surface area contributed by atoms with Crippen molar-refractivity contribution in [3.63, 3.8) is 0 Å². The van der Waals surface area contributed by atoms with Crippen LogP contribution < -0.4 is 4.74 Å². The Kier molecular flexibility index (Phi) is 4.15. The van der Waals surface area contributed by atoms with Gasteiger partial charge in [-0.3, -0.25) is 0 Å². The molecule has 0 N–H and O–H groups in total. The average molecular weight is 262 g/mol. The number of carbonyl (C=O) groups is 1. The number of esters is 1. The predicted molar refractivity (Wildman–Crippen MR) is 52.0 cm³/mol. The van der Waals surface area contributed by atoms with E-state index in [4.69, 9.17) is 0 Å². The van der Waals surface area contributed by atoms with E-state index in [1.807, 2.05) is 5.92 Å². The highest BCUT2D eigenvalue weighted by Crippen LogP contribution is 2.24. The van der Waals surface area contributed by atoms with Crippen molar-refractivity contribution in [3.8, 4) is 17.6 Å². The summed E-state index contributed by atoms with van der Waals surface area (Å²) in [5, 5.41) is 0. The summed E-state index contributed by atoms with van der Waals surface area (Å²) in [4.78, 5) is 10.7. The topological polar surface area (TPSA) is 35.5 Å². The van der Waals surface area contributed by atoms with Crippen molar-refractivity contribution in [2.45, 2.75) is 6.36 Å². The van der Waals surface area contributed by atoms with Crippen molar-refractivity contribution in [2.75, 3.05) is 7.11 Å². The molecule has 7 heteroatoms. The van der Waals surface area contributed by atoms with Crippen LogP contribution in [0, 0.1) is 17.7 Å². The summed E-state index contributed by atoms with van der Waals surface area (Å²) >= 11 is 0. The molecule has 0 amide bonds. The molecule has 0 bridgehead atoms. The van der Waals surface area contributed by atoms with Gasteiger partial charge in [0.2, 0.25) is 0 Å². The number of ether oxygens (including phenoxy) is 2. The molecule has 0 fully saturated rings. The smallest absolute Gasteiger partial charge is 0.459 e. The van der Waals surface area contributed by atoms with E-state index in [9.17, 15) is 22.4 Å². The van der Waals surface area contributed by atoms with Crippen LogP contribution in [0.3, 0.4) is 0 Å². The summed E-state index contributed by atoms with van der Waals surface area (Å²) in [6.45, 7) is 0. The second kappa shape index (κ2) is 5.40. The molecule has 1 aromatic carbocycles. The highest BCUT2D eigenvalue weighted by atomic mass is 19.4. The molecule has 0 heterocycles. The van der Waals surface area contributed by atoms with Crippen molar-refractivity contribution in [2.24, 2.45) is 0 Å². The summed E-state index contributed by atoms with van der Waals surface area (Å²) in [7, 11) is 1.09. The molecule has 0 atom stereocenters. The fraction of sp³-hybridized carbons (Fsp3) is 0.182. The number of benzene rings is 1. The zero-order chi connectivity index (χ0) is 13.8. The molecule has 0 saturated carbocycles. The minimum atomic E-state index is -4.90. The third kappa shape index (κ3) is 4.33. The molecule has 1 aromatic rings. The SMILES string of the molecule is COC(=O)C#Cc1ccc(OC(F)(F)F)cc1F. The molecule has 1 rings (SSSR count). The number of hydrogen-bond acceptors (Lipinski definition) is 3. The Bertz CT molecular complexity index is 511. The molecular weight excluding hydrogens is 256 g/mol. The molecule has 0 unspecified atom stereocenters. The summed E-state index contributed by atoms with van der Waals surface area (Å²) in [5.74, 6) is 1.44. The van der Waals surface area contributed by atoms with Gasteiger partial charge in [0, 0.05) is 12.0 Å². The molecule has 96 valence electrons. The van der Waals surface area contributed by atoms with Crippen molar-refractivity contribution in [3.05, 3.63) is 29.6 Å². The molecule has 0 aliphatic rings. The van der Waals surface area contributed by atoms with Gasteiger partial charge in [-0.15, -0.1) is 13.2 Å². The zero-order valence-electron chi connectivity index (χ0n) is 8.97. The van der Waals surface area contributed by atoms with E-state index in [-0.39, 0.29) is 5.56 Å². The number of methoxy groups -OCH3 is 1. The first-order valence-corrected chi connectivity index (χ1v) is 4.47.